The normalized spacial score (nSPS) is 12.0. The van der Waals surface area contributed by atoms with E-state index in [1.165, 1.54) is 19.2 Å². The van der Waals surface area contributed by atoms with Crippen molar-refractivity contribution in [1.29, 1.82) is 0 Å². The van der Waals surface area contributed by atoms with E-state index < -0.39 is 30.4 Å². The van der Waals surface area contributed by atoms with E-state index in [0.717, 1.165) is 11.3 Å². The van der Waals surface area contributed by atoms with E-state index in [1.807, 2.05) is 0 Å². The topological polar surface area (TPSA) is 129 Å². The highest BCUT2D eigenvalue weighted by Gasteiger charge is 2.26. The summed E-state index contributed by atoms with van der Waals surface area (Å²) in [5, 5.41) is 5.15. The summed E-state index contributed by atoms with van der Waals surface area (Å²) in [6, 6.07) is 4.57. The summed E-state index contributed by atoms with van der Waals surface area (Å²) in [5.74, 6) is -1.52. The van der Waals surface area contributed by atoms with E-state index >= 15 is 0 Å². The molecule has 2 amide bonds. The first-order valence-corrected chi connectivity index (χ1v) is 10.6. The van der Waals surface area contributed by atoms with Crippen LogP contribution < -0.4 is 20.1 Å². The molecule has 10 nitrogen and oxygen atoms in total. The number of esters is 2. The van der Waals surface area contributed by atoms with Gasteiger partial charge in [0.1, 0.15) is 18.2 Å². The Morgan fingerprint density at radius 1 is 1.06 bits per heavy atom. The number of nitrogens with one attached hydrogen (secondary N) is 2. The maximum Gasteiger partial charge on any atom is 0.341 e. The molecule has 0 radical (unpaired) electrons. The fourth-order valence-electron chi connectivity index (χ4n) is 2.93. The maximum absolute atomic E-state index is 12.4. The number of amides is 2. The molecule has 2 heterocycles. The number of ether oxygens (including phenoxy) is 4. The summed E-state index contributed by atoms with van der Waals surface area (Å²) in [4.78, 5) is 49.4. The van der Waals surface area contributed by atoms with Gasteiger partial charge in [0.2, 0.25) is 0 Å². The van der Waals surface area contributed by atoms with Crippen molar-refractivity contribution in [2.75, 3.05) is 38.8 Å². The first kappa shape index (κ1) is 23.1. The zero-order valence-electron chi connectivity index (χ0n) is 17.7. The molecule has 11 heteroatoms. The summed E-state index contributed by atoms with van der Waals surface area (Å²) >= 11 is 0.932. The van der Waals surface area contributed by atoms with Gasteiger partial charge >= 0.3 is 11.9 Å². The molecule has 2 aromatic rings. The van der Waals surface area contributed by atoms with Gasteiger partial charge in [0.15, 0.2) is 18.1 Å². The molecule has 1 aliphatic rings. The van der Waals surface area contributed by atoms with E-state index in [0.29, 0.717) is 30.3 Å². The minimum absolute atomic E-state index is 0.0852. The molecule has 3 rings (SSSR count). The Morgan fingerprint density at radius 2 is 1.78 bits per heavy atom. The molecule has 1 aromatic heterocycles. The Balaban J connectivity index is 1.69. The van der Waals surface area contributed by atoms with E-state index in [9.17, 15) is 19.2 Å². The molecule has 1 aromatic carbocycles. The van der Waals surface area contributed by atoms with Crippen molar-refractivity contribution in [2.24, 2.45) is 0 Å². The monoisotopic (exact) mass is 462 g/mol. The lowest BCUT2D eigenvalue weighted by atomic mass is 10.1. The van der Waals surface area contributed by atoms with Crippen LogP contribution in [0.2, 0.25) is 0 Å². The van der Waals surface area contributed by atoms with Gasteiger partial charge in [-0.1, -0.05) is 0 Å². The Labute approximate surface area is 187 Å². The van der Waals surface area contributed by atoms with Crippen LogP contribution in [-0.2, 0) is 14.3 Å². The lowest BCUT2D eigenvalue weighted by Crippen LogP contribution is -2.22. The highest BCUT2D eigenvalue weighted by Crippen LogP contribution is 2.34. The zero-order valence-corrected chi connectivity index (χ0v) is 18.6. The van der Waals surface area contributed by atoms with Crippen LogP contribution in [0.1, 0.15) is 42.9 Å². The zero-order chi connectivity index (χ0) is 23.3. The smallest absolute Gasteiger partial charge is 0.341 e. The molecule has 0 bridgehead atoms. The largest absolute Gasteiger partial charge is 0.486 e. The van der Waals surface area contributed by atoms with Crippen molar-refractivity contribution in [3.8, 4) is 11.5 Å². The van der Waals surface area contributed by atoms with Crippen LogP contribution in [0.4, 0.5) is 5.00 Å². The van der Waals surface area contributed by atoms with Gasteiger partial charge in [-0.05, 0) is 37.6 Å². The van der Waals surface area contributed by atoms with E-state index in [-0.39, 0.29) is 27.6 Å². The number of carbonyl (C=O) groups is 4. The van der Waals surface area contributed by atoms with Gasteiger partial charge in [0.25, 0.3) is 11.8 Å². The van der Waals surface area contributed by atoms with Crippen LogP contribution in [-0.4, -0.2) is 57.2 Å². The molecule has 1 aliphatic heterocycles. The van der Waals surface area contributed by atoms with Crippen LogP contribution >= 0.6 is 11.3 Å². The second kappa shape index (κ2) is 10.1. The second-order valence-electron chi connectivity index (χ2n) is 6.54. The average molecular weight is 462 g/mol. The third-order valence-corrected chi connectivity index (χ3v) is 5.63. The van der Waals surface area contributed by atoms with Crippen molar-refractivity contribution in [3.05, 3.63) is 39.8 Å². The molecule has 0 unspecified atom stereocenters. The molecule has 0 spiro atoms. The van der Waals surface area contributed by atoms with Crippen molar-refractivity contribution in [1.82, 2.24) is 5.32 Å². The molecular formula is C21H22N2O8S. The number of rotatable bonds is 7. The Hall–Kier alpha value is -3.60. The molecule has 0 saturated carbocycles. The third kappa shape index (κ3) is 4.99. The molecule has 2 N–H and O–H groups in total. The molecule has 0 saturated heterocycles. The van der Waals surface area contributed by atoms with Gasteiger partial charge in [-0.25, -0.2) is 9.59 Å². The fraction of sp³-hybridized carbons (Fsp3) is 0.333. The number of anilines is 1. The van der Waals surface area contributed by atoms with Crippen molar-refractivity contribution in [2.45, 2.75) is 13.8 Å². The Morgan fingerprint density at radius 3 is 2.47 bits per heavy atom. The Bertz CT molecular complexity index is 1060. The minimum Gasteiger partial charge on any atom is -0.486 e. The molecule has 0 aliphatic carbocycles. The number of hydrogen-bond donors (Lipinski definition) is 2. The van der Waals surface area contributed by atoms with Crippen LogP contribution in [0.25, 0.3) is 0 Å². The molecule has 32 heavy (non-hydrogen) atoms. The van der Waals surface area contributed by atoms with E-state index in [1.54, 1.807) is 19.9 Å². The summed E-state index contributed by atoms with van der Waals surface area (Å²) in [6.07, 6.45) is 0. The molecular weight excluding hydrogens is 440 g/mol. The summed E-state index contributed by atoms with van der Waals surface area (Å²) in [6.45, 7) is 3.56. The maximum atomic E-state index is 12.4. The fourth-order valence-corrected chi connectivity index (χ4v) is 4.09. The van der Waals surface area contributed by atoms with Gasteiger partial charge in [-0.15, -0.1) is 11.3 Å². The minimum atomic E-state index is -0.726. The van der Waals surface area contributed by atoms with Crippen LogP contribution in [0.3, 0.4) is 0 Å². The van der Waals surface area contributed by atoms with Gasteiger partial charge in [-0.2, -0.15) is 0 Å². The van der Waals surface area contributed by atoms with Gasteiger partial charge in [0, 0.05) is 7.05 Å². The molecule has 0 atom stereocenters. The van der Waals surface area contributed by atoms with Gasteiger partial charge in [-0.3, -0.25) is 9.59 Å². The number of thiophene rings is 1. The van der Waals surface area contributed by atoms with Crippen molar-refractivity contribution in [3.63, 3.8) is 0 Å². The number of benzene rings is 1. The SMILES string of the molecule is CCOC(=O)c1c(NC(=O)COC(=O)c2ccc3c(c2)OCCO3)sc(C(=O)NC)c1C. The standard InChI is InChI=1S/C21H22N2O8S/c1-4-28-21(27)16-11(2)17(18(25)22-3)32-19(16)23-15(24)10-31-20(26)12-5-6-13-14(9-12)30-8-7-29-13/h5-6,9H,4,7-8,10H2,1-3H3,(H,22,25)(H,23,24). The van der Waals surface area contributed by atoms with Crippen LogP contribution in [0.15, 0.2) is 18.2 Å². The summed E-state index contributed by atoms with van der Waals surface area (Å²) in [7, 11) is 1.46. The highest BCUT2D eigenvalue weighted by atomic mass is 32.1. The number of hydrogen-bond acceptors (Lipinski definition) is 9. The lowest BCUT2D eigenvalue weighted by molar-refractivity contribution is -0.119. The lowest BCUT2D eigenvalue weighted by Gasteiger charge is -2.18. The molecule has 0 fully saturated rings. The van der Waals surface area contributed by atoms with Crippen LogP contribution in [0.5, 0.6) is 11.5 Å². The van der Waals surface area contributed by atoms with E-state index in [2.05, 4.69) is 10.6 Å². The van der Waals surface area contributed by atoms with Crippen LogP contribution in [0, 0.1) is 6.92 Å². The van der Waals surface area contributed by atoms with E-state index in [4.69, 9.17) is 18.9 Å². The predicted molar refractivity (Wildman–Crippen MR) is 115 cm³/mol. The Kier molecular flexibility index (Phi) is 7.31. The average Bonchev–Trinajstić information content (AvgIpc) is 3.12. The molecule has 170 valence electrons. The third-order valence-electron chi connectivity index (χ3n) is 4.42. The first-order valence-electron chi connectivity index (χ1n) is 9.74. The second-order valence-corrected chi connectivity index (χ2v) is 7.56. The number of carbonyl (C=O) groups excluding carboxylic acids is 4. The quantitative estimate of drug-likeness (QED) is 0.599. The number of fused-ring (bicyclic) bond motifs is 1. The predicted octanol–water partition coefficient (Wildman–Crippen LogP) is 2.16. The summed E-state index contributed by atoms with van der Waals surface area (Å²) in [5.41, 5.74) is 0.668. The van der Waals surface area contributed by atoms with Crippen molar-refractivity contribution >= 4 is 40.1 Å². The van der Waals surface area contributed by atoms with Gasteiger partial charge in [0.05, 0.1) is 22.6 Å². The highest BCUT2D eigenvalue weighted by molar-refractivity contribution is 7.18. The van der Waals surface area contributed by atoms with Gasteiger partial charge < -0.3 is 29.6 Å². The first-order chi connectivity index (χ1) is 15.3. The summed E-state index contributed by atoms with van der Waals surface area (Å²) < 4.78 is 20.9. The van der Waals surface area contributed by atoms with Crippen molar-refractivity contribution < 1.29 is 38.1 Å².